The van der Waals surface area contributed by atoms with E-state index in [0.29, 0.717) is 23.3 Å². The second kappa shape index (κ2) is 11.8. The highest BCUT2D eigenvalue weighted by Crippen LogP contribution is 2.34. The topological polar surface area (TPSA) is 94.1 Å². The third kappa shape index (κ3) is 6.24. The van der Waals surface area contributed by atoms with Gasteiger partial charge in [0.25, 0.3) is 0 Å². The Labute approximate surface area is 242 Å². The molecule has 3 aromatic carbocycles. The first-order chi connectivity index (χ1) is 20.0. The van der Waals surface area contributed by atoms with Crippen LogP contribution in [-0.4, -0.2) is 59.3 Å². The van der Waals surface area contributed by atoms with E-state index in [4.69, 9.17) is 4.74 Å². The van der Waals surface area contributed by atoms with Gasteiger partial charge in [-0.25, -0.2) is 9.78 Å². The average molecular weight is 567 g/mol. The van der Waals surface area contributed by atoms with Crippen molar-refractivity contribution in [1.82, 2.24) is 14.9 Å². The van der Waals surface area contributed by atoms with Crippen LogP contribution in [0.15, 0.2) is 90.3 Å². The Hall–Kier alpha value is -4.67. The molecule has 1 aliphatic heterocycles. The van der Waals surface area contributed by atoms with Crippen molar-refractivity contribution < 1.29 is 14.6 Å². The number of rotatable bonds is 8. The zero-order valence-electron chi connectivity index (χ0n) is 22.6. The fourth-order valence-corrected chi connectivity index (χ4v) is 5.53. The lowest BCUT2D eigenvalue weighted by Gasteiger charge is -2.34. The van der Waals surface area contributed by atoms with Crippen molar-refractivity contribution in [3.63, 3.8) is 0 Å². The third-order valence-corrected chi connectivity index (χ3v) is 7.91. The Morgan fingerprint density at radius 2 is 1.76 bits per heavy atom. The predicted molar refractivity (Wildman–Crippen MR) is 164 cm³/mol. The number of nitrogens with one attached hydrogen (secondary N) is 1. The molecule has 1 aliphatic rings. The molecule has 10 heteroatoms. The molecule has 1 saturated heterocycles. The Bertz CT molecular complexity index is 1640. The van der Waals surface area contributed by atoms with Gasteiger partial charge in [-0.1, -0.05) is 36.4 Å². The first-order valence-electron chi connectivity index (χ1n) is 13.4. The molecule has 0 atom stereocenters. The maximum atomic E-state index is 12.1. The third-order valence-electron chi connectivity index (χ3n) is 7.02. The Morgan fingerprint density at radius 3 is 2.51 bits per heavy atom. The summed E-state index contributed by atoms with van der Waals surface area (Å²) in [6.45, 7) is 4.37. The number of thiophene rings is 1. The summed E-state index contributed by atoms with van der Waals surface area (Å²) >= 11 is 1.49. The van der Waals surface area contributed by atoms with Gasteiger partial charge in [-0.2, -0.15) is 4.98 Å². The summed E-state index contributed by atoms with van der Waals surface area (Å²) < 4.78 is 7.06. The molecule has 0 spiro atoms. The molecular formula is C31H30N6O3S. The Kier molecular flexibility index (Phi) is 7.66. The number of hydrogen-bond acceptors (Lipinski definition) is 8. The summed E-state index contributed by atoms with van der Waals surface area (Å²) in [5.41, 5.74) is 4.25. The molecular weight excluding hydrogens is 536 g/mol. The molecule has 1 amide bonds. The van der Waals surface area contributed by atoms with Crippen LogP contribution in [-0.2, 0) is 6.54 Å². The monoisotopic (exact) mass is 566 g/mol. The lowest BCUT2D eigenvalue weighted by Crippen LogP contribution is -2.44. The zero-order valence-corrected chi connectivity index (χ0v) is 23.4. The Morgan fingerprint density at radius 1 is 0.976 bits per heavy atom. The molecule has 6 rings (SSSR count). The van der Waals surface area contributed by atoms with E-state index in [9.17, 15) is 9.90 Å². The molecule has 41 heavy (non-hydrogen) atoms. The van der Waals surface area contributed by atoms with Crippen LogP contribution in [0.25, 0.3) is 10.2 Å². The normalized spacial score (nSPS) is 13.7. The van der Waals surface area contributed by atoms with Gasteiger partial charge in [0.05, 0.1) is 17.7 Å². The van der Waals surface area contributed by atoms with Crippen molar-refractivity contribution in [2.24, 2.45) is 0 Å². The molecule has 3 heterocycles. The fraction of sp³-hybridized carbons (Fsp3) is 0.194. The van der Waals surface area contributed by atoms with Crippen LogP contribution in [0.3, 0.4) is 0 Å². The van der Waals surface area contributed by atoms with E-state index in [1.54, 1.807) is 24.3 Å². The highest BCUT2D eigenvalue weighted by molar-refractivity contribution is 7.17. The van der Waals surface area contributed by atoms with Crippen LogP contribution in [0.4, 0.5) is 27.8 Å². The number of benzene rings is 3. The summed E-state index contributed by atoms with van der Waals surface area (Å²) in [6.07, 6.45) is -1.04. The van der Waals surface area contributed by atoms with Crippen LogP contribution in [0.2, 0.25) is 0 Å². The van der Waals surface area contributed by atoms with Gasteiger partial charge < -0.3 is 25.0 Å². The number of nitrogens with zero attached hydrogens (tertiary/aromatic N) is 5. The van der Waals surface area contributed by atoms with Gasteiger partial charge in [-0.15, -0.1) is 11.3 Å². The smallest absolute Gasteiger partial charge is 0.412 e. The first-order valence-corrected chi connectivity index (χ1v) is 14.3. The summed E-state index contributed by atoms with van der Waals surface area (Å²) in [7, 11) is 2.15. The number of carbonyl (C=O) groups is 1. The van der Waals surface area contributed by atoms with E-state index in [-0.39, 0.29) is 6.54 Å². The maximum Gasteiger partial charge on any atom is 0.412 e. The Balaban J connectivity index is 1.22. The highest BCUT2D eigenvalue weighted by atomic mass is 32.1. The van der Waals surface area contributed by atoms with Gasteiger partial charge in [0.1, 0.15) is 10.4 Å². The summed E-state index contributed by atoms with van der Waals surface area (Å²) in [5.74, 6) is 1.31. The molecule has 2 aromatic heterocycles. The summed E-state index contributed by atoms with van der Waals surface area (Å²) in [4.78, 5) is 27.5. The van der Waals surface area contributed by atoms with Crippen LogP contribution < -0.4 is 19.9 Å². The second-order valence-corrected chi connectivity index (χ2v) is 10.8. The summed E-state index contributed by atoms with van der Waals surface area (Å²) in [5, 5.41) is 15.2. The minimum Gasteiger partial charge on any atom is -0.465 e. The quantitative estimate of drug-likeness (QED) is 0.215. The number of amides is 1. The largest absolute Gasteiger partial charge is 0.465 e. The number of hydrogen-bond donors (Lipinski definition) is 2. The van der Waals surface area contributed by atoms with Crippen LogP contribution >= 0.6 is 11.3 Å². The number of carboxylic acid groups (broad SMARTS) is 1. The molecule has 5 aromatic rings. The standard InChI is InChI=1S/C31H30N6O3S/c1-35-15-17-36(18-16-35)24-12-10-23(11-13-24)32-30-33-27-14-19-41-28(27)29(34-30)40-26-9-5-8-25(20-26)37(31(38)39)21-22-6-3-2-4-7-22/h2-14,19-20H,15-18,21H2,1H3,(H,38,39)(H,32,33,34). The van der Waals surface area contributed by atoms with E-state index in [2.05, 4.69) is 44.3 Å². The molecule has 0 bridgehead atoms. The van der Waals surface area contributed by atoms with Crippen molar-refractivity contribution in [3.8, 4) is 11.6 Å². The SMILES string of the molecule is CN1CCN(c2ccc(Nc3nc(Oc4cccc(N(Cc5ccccc5)C(=O)O)c4)c4sccc4n3)cc2)CC1. The minimum absolute atomic E-state index is 0.226. The molecule has 9 nitrogen and oxygen atoms in total. The van der Waals surface area contributed by atoms with Crippen molar-refractivity contribution in [3.05, 3.63) is 95.9 Å². The van der Waals surface area contributed by atoms with E-state index >= 15 is 0 Å². The van der Waals surface area contributed by atoms with Crippen LogP contribution in [0.1, 0.15) is 5.56 Å². The zero-order chi connectivity index (χ0) is 28.2. The van der Waals surface area contributed by atoms with E-state index in [1.165, 1.54) is 21.9 Å². The first kappa shape index (κ1) is 26.5. The summed E-state index contributed by atoms with van der Waals surface area (Å²) in [6, 6.07) is 26.8. The molecule has 208 valence electrons. The van der Waals surface area contributed by atoms with Crippen molar-refractivity contribution in [2.45, 2.75) is 6.54 Å². The lowest BCUT2D eigenvalue weighted by atomic mass is 10.2. The molecule has 1 fully saturated rings. The number of aromatic nitrogens is 2. The molecule has 0 aliphatic carbocycles. The average Bonchev–Trinajstić information content (AvgIpc) is 3.47. The number of piperazine rings is 1. The number of likely N-dealkylation sites (N-methyl/N-ethyl adjacent to an activating group) is 1. The van der Waals surface area contributed by atoms with Gasteiger partial charge in [-0.3, -0.25) is 4.90 Å². The lowest BCUT2D eigenvalue weighted by molar-refractivity contribution is 0.201. The number of ether oxygens (including phenoxy) is 1. The second-order valence-electron chi connectivity index (χ2n) is 9.90. The van der Waals surface area contributed by atoms with Gasteiger partial charge in [-0.05, 0) is 60.5 Å². The van der Waals surface area contributed by atoms with Crippen LogP contribution in [0.5, 0.6) is 11.6 Å². The van der Waals surface area contributed by atoms with Crippen LogP contribution in [0, 0.1) is 0 Å². The predicted octanol–water partition coefficient (Wildman–Crippen LogP) is 6.66. The van der Waals surface area contributed by atoms with Crippen molar-refractivity contribution >= 4 is 50.7 Å². The van der Waals surface area contributed by atoms with Gasteiger partial charge in [0.2, 0.25) is 11.8 Å². The van der Waals surface area contributed by atoms with Crippen molar-refractivity contribution in [2.75, 3.05) is 48.3 Å². The molecule has 0 saturated carbocycles. The molecule has 2 N–H and O–H groups in total. The van der Waals surface area contributed by atoms with Gasteiger partial charge in [0, 0.05) is 43.6 Å². The van der Waals surface area contributed by atoms with Gasteiger partial charge in [0.15, 0.2) is 0 Å². The fourth-order valence-electron chi connectivity index (χ4n) is 4.77. The van der Waals surface area contributed by atoms with Crippen molar-refractivity contribution in [1.29, 1.82) is 0 Å². The number of fused-ring (bicyclic) bond motifs is 1. The van der Waals surface area contributed by atoms with E-state index in [1.807, 2.05) is 53.9 Å². The number of anilines is 4. The van der Waals surface area contributed by atoms with E-state index < -0.39 is 6.09 Å². The molecule has 0 radical (unpaired) electrons. The highest BCUT2D eigenvalue weighted by Gasteiger charge is 2.18. The maximum absolute atomic E-state index is 12.1. The van der Waals surface area contributed by atoms with E-state index in [0.717, 1.165) is 47.6 Å². The molecule has 0 unspecified atom stereocenters. The minimum atomic E-state index is -1.04. The van der Waals surface area contributed by atoms with Gasteiger partial charge >= 0.3 is 6.09 Å².